The summed E-state index contributed by atoms with van der Waals surface area (Å²) in [7, 11) is -4.35. The molecule has 14 heteroatoms. The number of nitriles is 1. The van der Waals surface area contributed by atoms with Crippen LogP contribution in [-0.4, -0.2) is 42.7 Å². The first-order chi connectivity index (χ1) is 18.2. The van der Waals surface area contributed by atoms with Crippen LogP contribution < -0.4 is 15.1 Å². The van der Waals surface area contributed by atoms with Crippen molar-refractivity contribution >= 4 is 33.7 Å². The Morgan fingerprint density at radius 2 is 1.55 bits per heavy atom. The molecule has 0 bridgehead atoms. The largest absolute Gasteiger partial charge is 0.838 e. The molecular formula is C24H16N4O8S2-2. The molecule has 0 saturated carbocycles. The van der Waals surface area contributed by atoms with Crippen LogP contribution in [0.2, 0.25) is 0 Å². The summed E-state index contributed by atoms with van der Waals surface area (Å²) in [5.74, 6) is -5.26. The maximum absolute atomic E-state index is 13.0. The summed E-state index contributed by atoms with van der Waals surface area (Å²) in [5.41, 5.74) is 0. The normalized spacial score (nSPS) is 24.2. The molecule has 12 nitrogen and oxygen atoms in total. The van der Waals surface area contributed by atoms with Crippen molar-refractivity contribution in [3.8, 4) is 11.8 Å². The molecule has 4 unspecified atom stereocenters. The molecule has 4 atom stereocenters. The van der Waals surface area contributed by atoms with Gasteiger partial charge in [0.25, 0.3) is 10.9 Å². The topological polar surface area (TPSA) is 167 Å². The van der Waals surface area contributed by atoms with E-state index in [2.05, 4.69) is 4.85 Å². The van der Waals surface area contributed by atoms with Crippen molar-refractivity contribution in [1.29, 1.82) is 5.26 Å². The van der Waals surface area contributed by atoms with Crippen LogP contribution >= 0.6 is 12.0 Å². The van der Waals surface area contributed by atoms with E-state index in [0.717, 1.165) is 6.08 Å². The lowest BCUT2D eigenvalue weighted by molar-refractivity contribution is -0.533. The SMILES string of the molecule is [C-]#[N+]/C(=C\C1C(=O)N2C(=O)C(/C=C(\C#N)SOOc3ccccc3)C([O-])N2C1[O-])S(=O)(=O)c1ccccc1. The fraction of sp³-hybridized carbons (Fsp3) is 0.167. The van der Waals surface area contributed by atoms with E-state index in [4.69, 9.17) is 15.8 Å². The Kier molecular flexibility index (Phi) is 7.94. The highest BCUT2D eigenvalue weighted by Gasteiger charge is 2.52. The van der Waals surface area contributed by atoms with Gasteiger partial charge in [-0.3, -0.25) is 9.59 Å². The van der Waals surface area contributed by atoms with E-state index < -0.39 is 51.0 Å². The van der Waals surface area contributed by atoms with Crippen molar-refractivity contribution in [3.63, 3.8) is 0 Å². The molecule has 2 fully saturated rings. The Balaban J connectivity index is 1.53. The van der Waals surface area contributed by atoms with Gasteiger partial charge in [0.2, 0.25) is 15.7 Å². The number of hydrogen-bond donors (Lipinski definition) is 0. The number of benzene rings is 2. The summed E-state index contributed by atoms with van der Waals surface area (Å²) in [4.78, 5) is 33.4. The molecule has 2 heterocycles. The van der Waals surface area contributed by atoms with Crippen molar-refractivity contribution in [3.05, 3.63) is 94.2 Å². The van der Waals surface area contributed by atoms with E-state index in [0.29, 0.717) is 33.9 Å². The number of rotatable bonds is 8. The zero-order valence-corrected chi connectivity index (χ0v) is 20.7. The molecule has 0 radical (unpaired) electrons. The summed E-state index contributed by atoms with van der Waals surface area (Å²) >= 11 is 0.427. The Hall–Kier alpha value is -4.02. The van der Waals surface area contributed by atoms with E-state index in [1.165, 1.54) is 24.3 Å². The van der Waals surface area contributed by atoms with Crippen LogP contribution in [0.25, 0.3) is 4.85 Å². The van der Waals surface area contributed by atoms with Gasteiger partial charge in [0.1, 0.15) is 11.0 Å². The van der Waals surface area contributed by atoms with Gasteiger partial charge in [-0.15, -0.1) is 4.33 Å². The molecule has 4 rings (SSSR count). The minimum atomic E-state index is -4.35. The molecule has 2 amide bonds. The Bertz CT molecular complexity index is 1480. The summed E-state index contributed by atoms with van der Waals surface area (Å²) in [6, 6.07) is 17.0. The molecule has 2 aromatic carbocycles. The van der Waals surface area contributed by atoms with Gasteiger partial charge < -0.3 is 15.1 Å². The number of sulfone groups is 1. The lowest BCUT2D eigenvalue weighted by Crippen LogP contribution is -2.54. The van der Waals surface area contributed by atoms with Gasteiger partial charge in [-0.1, -0.05) is 42.5 Å². The molecule has 2 aliphatic rings. The monoisotopic (exact) mass is 552 g/mol. The number of fused-ring (bicyclic) bond motifs is 1. The number of hydrazine groups is 1. The number of carbonyl (C=O) groups is 2. The van der Waals surface area contributed by atoms with Crippen LogP contribution in [0.5, 0.6) is 5.75 Å². The zero-order chi connectivity index (χ0) is 27.4. The van der Waals surface area contributed by atoms with Crippen LogP contribution in [0.3, 0.4) is 0 Å². The van der Waals surface area contributed by atoms with Crippen LogP contribution in [0.4, 0.5) is 0 Å². The summed E-state index contributed by atoms with van der Waals surface area (Å²) in [5, 5.41) is 35.3. The number of carbonyl (C=O) groups excluding carboxylic acids is 2. The highest BCUT2D eigenvalue weighted by Crippen LogP contribution is 2.37. The van der Waals surface area contributed by atoms with E-state index in [-0.39, 0.29) is 9.80 Å². The standard InChI is InChI=1S/C24H16N4O8S2/c1-26-20(38(33,34)17-10-6-3-7-11-17)13-19-23(31)27-21(29)18(22(30)28(27)24(19)32)12-16(14-25)37-36-35-15-8-4-2-5-9-15/h2-13,18-19,21,23H/q-2/b16-12+,20-13+. The minimum absolute atomic E-state index is 0.223. The van der Waals surface area contributed by atoms with Gasteiger partial charge in [-0.25, -0.2) is 23.3 Å². The maximum Gasteiger partial charge on any atom is 0.279 e. The molecule has 0 aliphatic carbocycles. The molecular weight excluding hydrogens is 536 g/mol. The second kappa shape index (κ2) is 11.2. The number of imide groups is 1. The molecule has 194 valence electrons. The second-order valence-electron chi connectivity index (χ2n) is 7.82. The van der Waals surface area contributed by atoms with Crippen molar-refractivity contribution in [2.75, 3.05) is 0 Å². The average molecular weight is 553 g/mol. The third kappa shape index (κ3) is 5.05. The molecule has 0 spiro atoms. The van der Waals surface area contributed by atoms with Crippen LogP contribution in [0, 0.1) is 29.7 Å². The fourth-order valence-corrected chi connectivity index (χ4v) is 5.38. The van der Waals surface area contributed by atoms with Gasteiger partial charge in [0.05, 0.1) is 35.3 Å². The summed E-state index contributed by atoms with van der Waals surface area (Å²) in [6.07, 6.45) is -2.63. The highest BCUT2D eigenvalue weighted by atomic mass is 32.2. The predicted octanol–water partition coefficient (Wildman–Crippen LogP) is 0.492. The molecule has 0 N–H and O–H groups in total. The lowest BCUT2D eigenvalue weighted by Gasteiger charge is -2.38. The van der Waals surface area contributed by atoms with Crippen molar-refractivity contribution < 1.29 is 37.4 Å². The molecule has 0 aromatic heterocycles. The first-order valence-electron chi connectivity index (χ1n) is 10.8. The van der Waals surface area contributed by atoms with Gasteiger partial charge in [-0.2, -0.15) is 5.26 Å². The third-order valence-corrected chi connectivity index (χ3v) is 7.77. The summed E-state index contributed by atoms with van der Waals surface area (Å²) < 4.78 is 30.5. The van der Waals surface area contributed by atoms with Crippen molar-refractivity contribution in [2.45, 2.75) is 17.4 Å². The average Bonchev–Trinajstić information content (AvgIpc) is 3.32. The first-order valence-corrected chi connectivity index (χ1v) is 13.0. The van der Waals surface area contributed by atoms with E-state index >= 15 is 0 Å². The number of amides is 2. The van der Waals surface area contributed by atoms with Crippen LogP contribution in [-0.2, 0) is 23.8 Å². The van der Waals surface area contributed by atoms with Gasteiger partial charge in [-0.05, 0) is 42.8 Å². The van der Waals surface area contributed by atoms with Crippen LogP contribution in [0.15, 0.2) is 87.6 Å². The third-order valence-electron chi connectivity index (χ3n) is 5.55. The van der Waals surface area contributed by atoms with E-state index in [9.17, 15) is 33.5 Å². The first kappa shape index (κ1) is 27.0. The lowest BCUT2D eigenvalue weighted by atomic mass is 10.0. The fourth-order valence-electron chi connectivity index (χ4n) is 3.75. The molecule has 2 aromatic rings. The van der Waals surface area contributed by atoms with E-state index in [1.807, 2.05) is 0 Å². The number of nitrogens with zero attached hydrogens (tertiary/aromatic N) is 4. The number of hydrogen-bond acceptors (Lipinski definition) is 11. The molecule has 2 aliphatic heterocycles. The Morgan fingerprint density at radius 1 is 1.00 bits per heavy atom. The smallest absolute Gasteiger partial charge is 0.279 e. The highest BCUT2D eigenvalue weighted by molar-refractivity contribution is 7.98. The summed E-state index contributed by atoms with van der Waals surface area (Å²) in [6.45, 7) is 7.29. The Morgan fingerprint density at radius 3 is 2.08 bits per heavy atom. The maximum atomic E-state index is 13.0. The quantitative estimate of drug-likeness (QED) is 0.112. The molecule has 38 heavy (non-hydrogen) atoms. The van der Waals surface area contributed by atoms with E-state index in [1.54, 1.807) is 42.5 Å². The minimum Gasteiger partial charge on any atom is -0.838 e. The van der Waals surface area contributed by atoms with Crippen molar-refractivity contribution in [2.24, 2.45) is 11.8 Å². The number of para-hydroxylation sites is 1. The zero-order valence-electron chi connectivity index (χ0n) is 19.1. The van der Waals surface area contributed by atoms with Crippen LogP contribution in [0.1, 0.15) is 0 Å². The Labute approximate surface area is 221 Å². The second-order valence-corrected chi connectivity index (χ2v) is 10.5. The van der Waals surface area contributed by atoms with Gasteiger partial charge in [0.15, 0.2) is 5.75 Å². The number of allylic oxidation sites excluding steroid dienone is 1. The van der Waals surface area contributed by atoms with Gasteiger partial charge in [0, 0.05) is 0 Å². The van der Waals surface area contributed by atoms with Crippen molar-refractivity contribution in [1.82, 2.24) is 10.0 Å². The molecule has 2 saturated heterocycles. The predicted molar refractivity (Wildman–Crippen MR) is 126 cm³/mol. The van der Waals surface area contributed by atoms with Gasteiger partial charge >= 0.3 is 0 Å².